The van der Waals surface area contributed by atoms with Crippen LogP contribution >= 0.6 is 27.7 Å². The van der Waals surface area contributed by atoms with Crippen LogP contribution in [0, 0.1) is 5.92 Å². The highest BCUT2D eigenvalue weighted by atomic mass is 79.9. The summed E-state index contributed by atoms with van der Waals surface area (Å²) in [6.07, 6.45) is 3.24. The number of benzene rings is 1. The summed E-state index contributed by atoms with van der Waals surface area (Å²) >= 11 is 5.11. The summed E-state index contributed by atoms with van der Waals surface area (Å²) in [6, 6.07) is 6.35. The summed E-state index contributed by atoms with van der Waals surface area (Å²) in [4.78, 5) is 5.21. The average molecular weight is 341 g/mol. The van der Waals surface area contributed by atoms with E-state index in [1.807, 2.05) is 0 Å². The molecule has 1 aromatic carbocycles. The van der Waals surface area contributed by atoms with Crippen molar-refractivity contribution in [3.63, 3.8) is 0 Å². The molecule has 1 N–H and O–H groups in total. The van der Waals surface area contributed by atoms with Gasteiger partial charge in [-0.1, -0.05) is 19.9 Å². The van der Waals surface area contributed by atoms with Crippen LogP contribution in [-0.4, -0.2) is 11.5 Å². The van der Waals surface area contributed by atoms with Crippen LogP contribution in [0.2, 0.25) is 0 Å². The lowest BCUT2D eigenvalue weighted by Gasteiger charge is -2.09. The van der Waals surface area contributed by atoms with E-state index >= 15 is 0 Å². The molecule has 0 saturated heterocycles. The van der Waals surface area contributed by atoms with Gasteiger partial charge in [0.15, 0.2) is 0 Å². The minimum Gasteiger partial charge on any atom is -0.440 e. The predicted molar refractivity (Wildman–Crippen MR) is 81.3 cm³/mol. The van der Waals surface area contributed by atoms with E-state index in [-0.39, 0.29) is 0 Å². The topological polar surface area (TPSA) is 38.1 Å². The maximum absolute atomic E-state index is 5.23. The molecule has 2 rings (SSSR count). The van der Waals surface area contributed by atoms with E-state index in [2.05, 4.69) is 58.3 Å². The number of nitrogens with one attached hydrogen (secondary N) is 1. The SMILES string of the molecule is CC(C)CNCc1ccc(Sc2ncco2)c(Br)c1. The van der Waals surface area contributed by atoms with Crippen molar-refractivity contribution in [2.75, 3.05) is 6.54 Å². The molecule has 1 aromatic heterocycles. The lowest BCUT2D eigenvalue weighted by molar-refractivity contribution is 0.454. The molecule has 2 aromatic rings. The van der Waals surface area contributed by atoms with Crippen LogP contribution in [0.3, 0.4) is 0 Å². The van der Waals surface area contributed by atoms with E-state index in [0.29, 0.717) is 11.1 Å². The van der Waals surface area contributed by atoms with Gasteiger partial charge in [-0.25, -0.2) is 4.98 Å². The fourth-order valence-corrected chi connectivity index (χ4v) is 2.96. The van der Waals surface area contributed by atoms with Crippen molar-refractivity contribution < 1.29 is 4.42 Å². The second-order valence-corrected chi connectivity index (χ2v) is 6.54. The summed E-state index contributed by atoms with van der Waals surface area (Å²) in [6.45, 7) is 6.34. The Kier molecular flexibility index (Phi) is 5.48. The number of nitrogens with zero attached hydrogens (tertiary/aromatic N) is 1. The standard InChI is InChI=1S/C14H17BrN2OS/c1-10(2)8-16-9-11-3-4-13(12(15)7-11)19-14-17-5-6-18-14/h3-7,10,16H,8-9H2,1-2H3. The first-order chi connectivity index (χ1) is 9.15. The van der Waals surface area contributed by atoms with Crippen LogP contribution in [-0.2, 0) is 6.54 Å². The first-order valence-corrected chi connectivity index (χ1v) is 7.82. The Morgan fingerprint density at radius 1 is 1.42 bits per heavy atom. The van der Waals surface area contributed by atoms with E-state index < -0.39 is 0 Å². The van der Waals surface area contributed by atoms with Crippen LogP contribution < -0.4 is 5.32 Å². The fourth-order valence-electron chi connectivity index (χ4n) is 1.60. The Bertz CT molecular complexity index is 514. The van der Waals surface area contributed by atoms with Crippen LogP contribution in [0.15, 0.2) is 49.7 Å². The van der Waals surface area contributed by atoms with Crippen molar-refractivity contribution in [1.29, 1.82) is 0 Å². The van der Waals surface area contributed by atoms with Gasteiger partial charge < -0.3 is 9.73 Å². The van der Waals surface area contributed by atoms with Crippen molar-refractivity contribution in [3.05, 3.63) is 40.7 Å². The van der Waals surface area contributed by atoms with Crippen LogP contribution in [0.1, 0.15) is 19.4 Å². The molecule has 102 valence electrons. The van der Waals surface area contributed by atoms with Gasteiger partial charge in [-0.05, 0) is 57.9 Å². The third kappa shape index (κ3) is 4.67. The largest absolute Gasteiger partial charge is 0.440 e. The maximum Gasteiger partial charge on any atom is 0.260 e. The molecule has 0 amide bonds. The third-order valence-corrected chi connectivity index (χ3v) is 4.36. The van der Waals surface area contributed by atoms with E-state index in [1.54, 1.807) is 12.5 Å². The number of aromatic nitrogens is 1. The molecule has 0 bridgehead atoms. The predicted octanol–water partition coefficient (Wildman–Crippen LogP) is 4.33. The van der Waals surface area contributed by atoms with Crippen LogP contribution in [0.4, 0.5) is 0 Å². The number of hydrogen-bond acceptors (Lipinski definition) is 4. The van der Waals surface area contributed by atoms with Gasteiger partial charge >= 0.3 is 0 Å². The summed E-state index contributed by atoms with van der Waals surface area (Å²) in [5, 5.41) is 4.09. The molecule has 3 nitrogen and oxygen atoms in total. The molecule has 0 aliphatic heterocycles. The van der Waals surface area contributed by atoms with Gasteiger partial charge in [-0.15, -0.1) is 0 Å². The van der Waals surface area contributed by atoms with Gasteiger partial charge in [-0.3, -0.25) is 0 Å². The molecule has 0 unspecified atom stereocenters. The second kappa shape index (κ2) is 7.12. The first kappa shape index (κ1) is 14.6. The van der Waals surface area contributed by atoms with Crippen LogP contribution in [0.5, 0.6) is 0 Å². The number of hydrogen-bond donors (Lipinski definition) is 1. The zero-order valence-electron chi connectivity index (χ0n) is 11.0. The first-order valence-electron chi connectivity index (χ1n) is 6.21. The lowest BCUT2D eigenvalue weighted by Crippen LogP contribution is -2.18. The number of rotatable bonds is 6. The molecular weight excluding hydrogens is 324 g/mol. The van der Waals surface area contributed by atoms with Gasteiger partial charge in [0.2, 0.25) is 0 Å². The normalized spacial score (nSPS) is 11.2. The van der Waals surface area contributed by atoms with Crippen molar-refractivity contribution >= 4 is 27.7 Å². The zero-order chi connectivity index (χ0) is 13.7. The minimum absolute atomic E-state index is 0.659. The third-order valence-electron chi connectivity index (χ3n) is 2.48. The number of halogens is 1. The fraction of sp³-hybridized carbons (Fsp3) is 0.357. The Labute approximate surface area is 126 Å². The molecule has 0 aliphatic carbocycles. The highest BCUT2D eigenvalue weighted by Gasteiger charge is 2.06. The Morgan fingerprint density at radius 2 is 2.26 bits per heavy atom. The van der Waals surface area contributed by atoms with E-state index in [9.17, 15) is 0 Å². The smallest absolute Gasteiger partial charge is 0.260 e. The Morgan fingerprint density at radius 3 is 2.89 bits per heavy atom. The van der Waals surface area contributed by atoms with E-state index in [4.69, 9.17) is 4.42 Å². The van der Waals surface area contributed by atoms with Crippen molar-refractivity contribution in [3.8, 4) is 0 Å². The van der Waals surface area contributed by atoms with Gasteiger partial charge in [-0.2, -0.15) is 0 Å². The van der Waals surface area contributed by atoms with Crippen molar-refractivity contribution in [1.82, 2.24) is 10.3 Å². The monoisotopic (exact) mass is 340 g/mol. The summed E-state index contributed by atoms with van der Waals surface area (Å²) < 4.78 is 6.30. The molecule has 0 spiro atoms. The van der Waals surface area contributed by atoms with Gasteiger partial charge in [0.1, 0.15) is 6.26 Å². The lowest BCUT2D eigenvalue weighted by atomic mass is 10.2. The van der Waals surface area contributed by atoms with Gasteiger partial charge in [0, 0.05) is 15.9 Å². The Hall–Kier alpha value is -0.780. The average Bonchev–Trinajstić information content (AvgIpc) is 2.85. The summed E-state index contributed by atoms with van der Waals surface area (Å²) in [5.74, 6) is 0.670. The van der Waals surface area contributed by atoms with Crippen molar-refractivity contribution in [2.24, 2.45) is 5.92 Å². The van der Waals surface area contributed by atoms with Crippen molar-refractivity contribution in [2.45, 2.75) is 30.5 Å². The minimum atomic E-state index is 0.659. The molecule has 19 heavy (non-hydrogen) atoms. The molecule has 5 heteroatoms. The van der Waals surface area contributed by atoms with Crippen LogP contribution in [0.25, 0.3) is 0 Å². The molecular formula is C14H17BrN2OS. The molecule has 0 aliphatic rings. The summed E-state index contributed by atoms with van der Waals surface area (Å²) in [5.41, 5.74) is 1.27. The zero-order valence-corrected chi connectivity index (χ0v) is 13.4. The van der Waals surface area contributed by atoms with E-state index in [1.165, 1.54) is 17.3 Å². The molecule has 0 fully saturated rings. The van der Waals surface area contributed by atoms with Gasteiger partial charge in [0.25, 0.3) is 5.22 Å². The van der Waals surface area contributed by atoms with Gasteiger partial charge in [0.05, 0.1) is 6.20 Å². The molecule has 1 heterocycles. The highest BCUT2D eigenvalue weighted by Crippen LogP contribution is 2.33. The maximum atomic E-state index is 5.23. The van der Waals surface area contributed by atoms with E-state index in [0.717, 1.165) is 22.5 Å². The molecule has 0 radical (unpaired) electrons. The Balaban J connectivity index is 1.97. The molecule has 0 saturated carbocycles. The summed E-state index contributed by atoms with van der Waals surface area (Å²) in [7, 11) is 0. The number of oxazole rings is 1. The molecule has 0 atom stereocenters. The quantitative estimate of drug-likeness (QED) is 0.849. The highest BCUT2D eigenvalue weighted by molar-refractivity contribution is 9.10. The second-order valence-electron chi connectivity index (χ2n) is 4.69.